The van der Waals surface area contributed by atoms with Crippen molar-refractivity contribution >= 4 is 11.6 Å². The summed E-state index contributed by atoms with van der Waals surface area (Å²) in [4.78, 5) is 4.56. The molecule has 0 saturated heterocycles. The molecule has 1 aliphatic heterocycles. The molecule has 0 unspecified atom stereocenters. The highest BCUT2D eigenvalue weighted by Crippen LogP contribution is 2.34. The normalized spacial score (nSPS) is 16.6. The van der Waals surface area contributed by atoms with E-state index in [1.54, 1.807) is 0 Å². The lowest BCUT2D eigenvalue weighted by Gasteiger charge is -2.15. The molecule has 0 radical (unpaired) electrons. The van der Waals surface area contributed by atoms with Gasteiger partial charge in [0.05, 0.1) is 25.2 Å². The smallest absolute Gasteiger partial charge is 0.127 e. The Morgan fingerprint density at radius 1 is 1.20 bits per heavy atom. The van der Waals surface area contributed by atoms with Gasteiger partial charge in [-0.1, -0.05) is 11.6 Å². The van der Waals surface area contributed by atoms with Gasteiger partial charge in [-0.05, 0) is 43.4 Å². The summed E-state index contributed by atoms with van der Waals surface area (Å²) in [6.45, 7) is 1.58. The second kappa shape index (κ2) is 4.81. The van der Waals surface area contributed by atoms with Crippen LogP contribution in [0.5, 0.6) is 5.75 Å². The third-order valence-electron chi connectivity index (χ3n) is 4.28. The van der Waals surface area contributed by atoms with Gasteiger partial charge < -0.3 is 9.30 Å². The third-order valence-corrected chi connectivity index (χ3v) is 4.49. The standard InChI is InChI=1S/C16H17ClN2O/c17-13-7-11-5-6-20-16(11)12(8-13)9-19-10-18-14-3-1-2-4-15(14)19/h7-8,10H,1-6,9H2. The van der Waals surface area contributed by atoms with Gasteiger partial charge in [0, 0.05) is 22.7 Å². The van der Waals surface area contributed by atoms with E-state index in [2.05, 4.69) is 9.55 Å². The Morgan fingerprint density at radius 2 is 2.10 bits per heavy atom. The van der Waals surface area contributed by atoms with Crippen molar-refractivity contribution < 1.29 is 4.74 Å². The lowest BCUT2D eigenvalue weighted by molar-refractivity contribution is 0.352. The molecule has 0 atom stereocenters. The first-order valence-corrected chi connectivity index (χ1v) is 7.66. The highest BCUT2D eigenvalue weighted by Gasteiger charge is 2.20. The molecule has 3 nitrogen and oxygen atoms in total. The number of benzene rings is 1. The number of hydrogen-bond acceptors (Lipinski definition) is 2. The zero-order valence-corrected chi connectivity index (χ0v) is 12.1. The maximum atomic E-state index is 6.23. The van der Waals surface area contributed by atoms with Crippen molar-refractivity contribution in [3.8, 4) is 5.75 Å². The van der Waals surface area contributed by atoms with Crippen LogP contribution in [-0.4, -0.2) is 16.2 Å². The van der Waals surface area contributed by atoms with Crippen LogP contribution in [0, 0.1) is 0 Å². The molecule has 2 heterocycles. The van der Waals surface area contributed by atoms with Gasteiger partial charge in [0.25, 0.3) is 0 Å². The van der Waals surface area contributed by atoms with Crippen LogP contribution in [0.2, 0.25) is 5.02 Å². The van der Waals surface area contributed by atoms with E-state index in [4.69, 9.17) is 16.3 Å². The van der Waals surface area contributed by atoms with Crippen LogP contribution in [0.3, 0.4) is 0 Å². The van der Waals surface area contributed by atoms with E-state index in [9.17, 15) is 0 Å². The number of rotatable bonds is 2. The van der Waals surface area contributed by atoms with E-state index in [-0.39, 0.29) is 0 Å². The number of nitrogens with zero attached hydrogens (tertiary/aromatic N) is 2. The summed E-state index contributed by atoms with van der Waals surface area (Å²) in [6.07, 6.45) is 7.72. The first-order valence-electron chi connectivity index (χ1n) is 7.28. The zero-order valence-electron chi connectivity index (χ0n) is 11.4. The van der Waals surface area contributed by atoms with E-state index in [1.165, 1.54) is 35.4 Å². The van der Waals surface area contributed by atoms with E-state index in [0.717, 1.165) is 43.2 Å². The average molecular weight is 289 g/mol. The maximum Gasteiger partial charge on any atom is 0.127 e. The number of hydrogen-bond donors (Lipinski definition) is 0. The molecule has 0 spiro atoms. The Labute approximate surface area is 123 Å². The zero-order chi connectivity index (χ0) is 13.5. The van der Waals surface area contributed by atoms with Crippen LogP contribution in [0.15, 0.2) is 18.5 Å². The fourth-order valence-corrected chi connectivity index (χ4v) is 3.58. The largest absolute Gasteiger partial charge is 0.493 e. The van der Waals surface area contributed by atoms with Gasteiger partial charge in [-0.25, -0.2) is 4.98 Å². The van der Waals surface area contributed by atoms with Crippen molar-refractivity contribution in [3.05, 3.63) is 46.0 Å². The minimum atomic E-state index is 0.769. The molecule has 2 aliphatic rings. The van der Waals surface area contributed by atoms with Crippen molar-refractivity contribution in [1.82, 2.24) is 9.55 Å². The van der Waals surface area contributed by atoms with Crippen LogP contribution in [0.25, 0.3) is 0 Å². The summed E-state index contributed by atoms with van der Waals surface area (Å²) >= 11 is 6.23. The molecule has 1 aromatic heterocycles. The number of fused-ring (bicyclic) bond motifs is 2. The van der Waals surface area contributed by atoms with Crippen molar-refractivity contribution in [3.63, 3.8) is 0 Å². The van der Waals surface area contributed by atoms with Crippen LogP contribution in [0.1, 0.15) is 35.4 Å². The lowest BCUT2D eigenvalue weighted by Crippen LogP contribution is -2.09. The number of imidazole rings is 1. The molecule has 0 saturated carbocycles. The minimum absolute atomic E-state index is 0.769. The van der Waals surface area contributed by atoms with Crippen molar-refractivity contribution in [1.29, 1.82) is 0 Å². The predicted octanol–water partition coefficient (Wildman–Crippen LogP) is 3.40. The summed E-state index contributed by atoms with van der Waals surface area (Å²) < 4.78 is 8.05. The second-order valence-electron chi connectivity index (χ2n) is 5.62. The molecule has 2 aromatic rings. The first-order chi connectivity index (χ1) is 9.81. The SMILES string of the molecule is Clc1cc2c(c(Cn3cnc4c3CCCC4)c1)OCC2. The molecule has 1 aliphatic carbocycles. The summed E-state index contributed by atoms with van der Waals surface area (Å²) in [5.74, 6) is 1.03. The fourth-order valence-electron chi connectivity index (χ4n) is 3.31. The summed E-state index contributed by atoms with van der Waals surface area (Å²) in [5, 5.41) is 0.804. The van der Waals surface area contributed by atoms with E-state index < -0.39 is 0 Å². The van der Waals surface area contributed by atoms with Gasteiger partial charge in [0.1, 0.15) is 5.75 Å². The Morgan fingerprint density at radius 3 is 3.05 bits per heavy atom. The molecule has 4 rings (SSSR count). The van der Waals surface area contributed by atoms with Crippen LogP contribution >= 0.6 is 11.6 Å². The molecule has 4 heteroatoms. The molecule has 104 valence electrons. The first kappa shape index (κ1) is 12.3. The van der Waals surface area contributed by atoms with Crippen LogP contribution < -0.4 is 4.74 Å². The summed E-state index contributed by atoms with van der Waals surface area (Å²) in [5.41, 5.74) is 5.08. The quantitative estimate of drug-likeness (QED) is 0.847. The molecule has 0 bridgehead atoms. The molecular weight excluding hydrogens is 272 g/mol. The number of aryl methyl sites for hydroxylation is 1. The minimum Gasteiger partial charge on any atom is -0.493 e. The van der Waals surface area contributed by atoms with Gasteiger partial charge in [0.15, 0.2) is 0 Å². The molecular formula is C16H17ClN2O. The number of halogens is 1. The molecule has 20 heavy (non-hydrogen) atoms. The Bertz CT molecular complexity index is 663. The Balaban J connectivity index is 1.71. The van der Waals surface area contributed by atoms with Crippen LogP contribution in [-0.2, 0) is 25.8 Å². The summed E-state index contributed by atoms with van der Waals surface area (Å²) in [7, 11) is 0. The highest BCUT2D eigenvalue weighted by atomic mass is 35.5. The number of ether oxygens (including phenoxy) is 1. The average Bonchev–Trinajstić information content (AvgIpc) is 3.06. The number of aromatic nitrogens is 2. The van der Waals surface area contributed by atoms with Gasteiger partial charge in [-0.15, -0.1) is 0 Å². The van der Waals surface area contributed by atoms with Gasteiger partial charge in [-0.3, -0.25) is 0 Å². The molecule has 0 fully saturated rings. The fraction of sp³-hybridized carbons (Fsp3) is 0.438. The second-order valence-corrected chi connectivity index (χ2v) is 6.06. The van der Waals surface area contributed by atoms with E-state index in [0.29, 0.717) is 0 Å². The monoisotopic (exact) mass is 288 g/mol. The van der Waals surface area contributed by atoms with Crippen molar-refractivity contribution in [2.24, 2.45) is 0 Å². The topological polar surface area (TPSA) is 27.1 Å². The lowest BCUT2D eigenvalue weighted by atomic mass is 10.0. The maximum absolute atomic E-state index is 6.23. The molecule has 0 N–H and O–H groups in total. The van der Waals surface area contributed by atoms with E-state index >= 15 is 0 Å². The highest BCUT2D eigenvalue weighted by molar-refractivity contribution is 6.30. The third kappa shape index (κ3) is 2.01. The van der Waals surface area contributed by atoms with Gasteiger partial charge >= 0.3 is 0 Å². The van der Waals surface area contributed by atoms with E-state index in [1.807, 2.05) is 18.5 Å². The Hall–Kier alpha value is -1.48. The molecule has 1 aromatic carbocycles. The summed E-state index contributed by atoms with van der Waals surface area (Å²) in [6, 6.07) is 4.05. The molecule has 0 amide bonds. The predicted molar refractivity (Wildman–Crippen MR) is 78.6 cm³/mol. The van der Waals surface area contributed by atoms with Gasteiger partial charge in [0.2, 0.25) is 0 Å². The Kier molecular flexibility index (Phi) is 2.95. The van der Waals surface area contributed by atoms with Gasteiger partial charge in [-0.2, -0.15) is 0 Å². The van der Waals surface area contributed by atoms with Crippen LogP contribution in [0.4, 0.5) is 0 Å². The van der Waals surface area contributed by atoms with Crippen molar-refractivity contribution in [2.75, 3.05) is 6.61 Å². The van der Waals surface area contributed by atoms with Crippen molar-refractivity contribution in [2.45, 2.75) is 38.6 Å².